The van der Waals surface area contributed by atoms with Gasteiger partial charge in [-0.3, -0.25) is 19.2 Å². The van der Waals surface area contributed by atoms with Gasteiger partial charge in [-0.2, -0.15) is 0 Å². The molecule has 0 aliphatic rings. The van der Waals surface area contributed by atoms with Gasteiger partial charge in [0, 0.05) is 12.8 Å². The van der Waals surface area contributed by atoms with Crippen LogP contribution in [-0.2, 0) is 28.8 Å². The van der Waals surface area contributed by atoms with E-state index in [0.717, 1.165) is 19.3 Å². The quantitative estimate of drug-likeness (QED) is 0.0826. The molecule has 0 aromatic carbocycles. The third kappa shape index (κ3) is 18.1. The van der Waals surface area contributed by atoms with E-state index in [2.05, 4.69) is 22.9 Å². The predicted octanol–water partition coefficient (Wildman–Crippen LogP) is 1.31. The first-order valence-corrected chi connectivity index (χ1v) is 14.3. The summed E-state index contributed by atoms with van der Waals surface area (Å²) in [5, 5.41) is 25.9. The number of carboxylic acid groups (broad SMARTS) is 2. The van der Waals surface area contributed by atoms with E-state index < -0.39 is 53.8 Å². The molecule has 0 saturated carbocycles. The molecule has 0 aromatic heterocycles. The Morgan fingerprint density at radius 2 is 1.15 bits per heavy atom. The molecule has 0 radical (unpaired) electrons. The molecule has 0 spiro atoms. The summed E-state index contributed by atoms with van der Waals surface area (Å²) in [6.07, 6.45) is 9.99. The first-order valence-electron chi connectivity index (χ1n) is 14.3. The van der Waals surface area contributed by atoms with Crippen LogP contribution in [0, 0.1) is 0 Å². The standard InChI is InChI=1S/C27H49N5O8/c1-3-4-5-6-7-8-9-10-11-15-22(33)30-18(2)25(36)32-21(27(39)40)16-17-23(34)31-20(26(37)38)14-12-13-19(28)24(29)35/h18-21H,3-17,28H2,1-2H3,(H2,29,35)(H,30,33)(H,31,34)(H,32,36)(H,37,38)(H,39,40)/t18-,19-,20-,21-/m0/s1. The smallest absolute Gasteiger partial charge is 0.326 e. The number of hydrogen-bond donors (Lipinski definition) is 7. The Labute approximate surface area is 236 Å². The third-order valence-electron chi connectivity index (χ3n) is 6.56. The molecular formula is C27H49N5O8. The molecule has 4 amide bonds. The first-order chi connectivity index (χ1) is 18.9. The van der Waals surface area contributed by atoms with E-state index in [0.29, 0.717) is 6.42 Å². The molecule has 0 aliphatic heterocycles. The van der Waals surface area contributed by atoms with Gasteiger partial charge in [0.05, 0.1) is 6.04 Å². The lowest BCUT2D eigenvalue weighted by molar-refractivity contribution is -0.143. The van der Waals surface area contributed by atoms with Crippen molar-refractivity contribution in [2.24, 2.45) is 11.5 Å². The van der Waals surface area contributed by atoms with Gasteiger partial charge in [0.15, 0.2) is 0 Å². The molecule has 0 heterocycles. The van der Waals surface area contributed by atoms with E-state index in [4.69, 9.17) is 11.5 Å². The van der Waals surface area contributed by atoms with Gasteiger partial charge in [-0.25, -0.2) is 9.59 Å². The Kier molecular flexibility index (Phi) is 19.8. The fourth-order valence-electron chi connectivity index (χ4n) is 4.01. The topological polar surface area (TPSA) is 231 Å². The largest absolute Gasteiger partial charge is 0.480 e. The normalized spacial score (nSPS) is 13.9. The number of hydrogen-bond acceptors (Lipinski definition) is 7. The number of unbranched alkanes of at least 4 members (excludes halogenated alkanes) is 8. The van der Waals surface area contributed by atoms with Crippen molar-refractivity contribution >= 4 is 35.6 Å². The summed E-state index contributed by atoms with van der Waals surface area (Å²) >= 11 is 0. The fourth-order valence-corrected chi connectivity index (χ4v) is 4.01. The van der Waals surface area contributed by atoms with Crippen LogP contribution >= 0.6 is 0 Å². The minimum Gasteiger partial charge on any atom is -0.480 e. The van der Waals surface area contributed by atoms with Crippen molar-refractivity contribution in [3.8, 4) is 0 Å². The molecule has 9 N–H and O–H groups in total. The molecule has 0 aliphatic carbocycles. The van der Waals surface area contributed by atoms with E-state index >= 15 is 0 Å². The molecular weight excluding hydrogens is 522 g/mol. The number of aliphatic carboxylic acids is 2. The SMILES string of the molecule is CCCCCCCCCCCC(=O)N[C@@H](C)C(=O)N[C@@H](CCC(=O)N[C@@H](CCC[C@H](N)C(N)=O)C(=O)O)C(=O)O. The van der Waals surface area contributed by atoms with Crippen LogP contribution in [0.15, 0.2) is 0 Å². The van der Waals surface area contributed by atoms with E-state index in [9.17, 15) is 39.0 Å². The van der Waals surface area contributed by atoms with E-state index in [-0.39, 0.29) is 44.4 Å². The monoisotopic (exact) mass is 571 g/mol. The number of carbonyl (C=O) groups is 6. The second kappa shape index (κ2) is 21.6. The molecule has 0 saturated heterocycles. The number of primary amides is 1. The van der Waals surface area contributed by atoms with Crippen molar-refractivity contribution in [3.63, 3.8) is 0 Å². The van der Waals surface area contributed by atoms with Crippen LogP contribution in [0.2, 0.25) is 0 Å². The number of carbonyl (C=O) groups excluding carboxylic acids is 4. The lowest BCUT2D eigenvalue weighted by Crippen LogP contribution is -2.50. The Bertz CT molecular complexity index is 823. The summed E-state index contributed by atoms with van der Waals surface area (Å²) in [6, 6.07) is -4.56. The van der Waals surface area contributed by atoms with Crippen LogP contribution < -0.4 is 27.4 Å². The highest BCUT2D eigenvalue weighted by atomic mass is 16.4. The average molecular weight is 572 g/mol. The van der Waals surface area contributed by atoms with Crippen molar-refractivity contribution in [2.75, 3.05) is 0 Å². The maximum absolute atomic E-state index is 12.4. The van der Waals surface area contributed by atoms with Crippen LogP contribution in [0.1, 0.15) is 110 Å². The number of carboxylic acids is 2. The average Bonchev–Trinajstić information content (AvgIpc) is 2.88. The molecule has 0 aromatic rings. The highest BCUT2D eigenvalue weighted by Gasteiger charge is 2.26. The van der Waals surface area contributed by atoms with Gasteiger partial charge in [0.2, 0.25) is 23.6 Å². The maximum atomic E-state index is 12.4. The molecule has 13 heteroatoms. The Balaban J connectivity index is 4.45. The van der Waals surface area contributed by atoms with Gasteiger partial charge in [-0.15, -0.1) is 0 Å². The number of amides is 4. The van der Waals surface area contributed by atoms with Crippen LogP contribution in [0.25, 0.3) is 0 Å². The zero-order valence-corrected chi connectivity index (χ0v) is 23.9. The summed E-state index contributed by atoms with van der Waals surface area (Å²) in [6.45, 7) is 3.62. The molecule has 13 nitrogen and oxygen atoms in total. The molecule has 40 heavy (non-hydrogen) atoms. The van der Waals surface area contributed by atoms with Crippen LogP contribution in [0.5, 0.6) is 0 Å². The van der Waals surface area contributed by atoms with E-state index in [1.54, 1.807) is 0 Å². The third-order valence-corrected chi connectivity index (χ3v) is 6.56. The number of nitrogens with one attached hydrogen (secondary N) is 3. The van der Waals surface area contributed by atoms with Gasteiger partial charge < -0.3 is 37.6 Å². The zero-order chi connectivity index (χ0) is 30.5. The van der Waals surface area contributed by atoms with Gasteiger partial charge in [0.25, 0.3) is 0 Å². The van der Waals surface area contributed by atoms with Crippen molar-refractivity contribution in [1.29, 1.82) is 0 Å². The molecule has 230 valence electrons. The summed E-state index contributed by atoms with van der Waals surface area (Å²) < 4.78 is 0. The van der Waals surface area contributed by atoms with E-state index in [1.165, 1.54) is 39.0 Å². The lowest BCUT2D eigenvalue weighted by atomic mass is 10.0. The highest BCUT2D eigenvalue weighted by molar-refractivity contribution is 5.90. The molecule has 0 fully saturated rings. The Morgan fingerprint density at radius 1 is 0.650 bits per heavy atom. The van der Waals surface area contributed by atoms with Crippen molar-refractivity contribution in [3.05, 3.63) is 0 Å². The maximum Gasteiger partial charge on any atom is 0.326 e. The van der Waals surface area contributed by atoms with Crippen LogP contribution in [0.4, 0.5) is 0 Å². The van der Waals surface area contributed by atoms with Gasteiger partial charge in [-0.05, 0) is 39.0 Å². The molecule has 4 atom stereocenters. The van der Waals surface area contributed by atoms with Gasteiger partial charge >= 0.3 is 11.9 Å². The van der Waals surface area contributed by atoms with Gasteiger partial charge in [-0.1, -0.05) is 58.3 Å². The minimum atomic E-state index is -1.41. The van der Waals surface area contributed by atoms with Crippen molar-refractivity contribution < 1.29 is 39.0 Å². The first kappa shape index (κ1) is 36.8. The van der Waals surface area contributed by atoms with Crippen LogP contribution in [0.3, 0.4) is 0 Å². The zero-order valence-electron chi connectivity index (χ0n) is 23.9. The highest BCUT2D eigenvalue weighted by Crippen LogP contribution is 2.11. The van der Waals surface area contributed by atoms with E-state index in [1.807, 2.05) is 0 Å². The molecule has 0 bridgehead atoms. The molecule has 0 rings (SSSR count). The number of nitrogens with two attached hydrogens (primary N) is 2. The summed E-state index contributed by atoms with van der Waals surface area (Å²) in [5.74, 6) is -5.10. The van der Waals surface area contributed by atoms with Gasteiger partial charge in [0.1, 0.15) is 18.1 Å². The minimum absolute atomic E-state index is 0.00257. The summed E-state index contributed by atoms with van der Waals surface area (Å²) in [5.41, 5.74) is 10.6. The summed E-state index contributed by atoms with van der Waals surface area (Å²) in [4.78, 5) is 70.9. The Hall–Kier alpha value is -3.22. The number of rotatable bonds is 24. The van der Waals surface area contributed by atoms with Crippen molar-refractivity contribution in [1.82, 2.24) is 16.0 Å². The van der Waals surface area contributed by atoms with Crippen LogP contribution in [-0.4, -0.2) is 69.9 Å². The fraction of sp³-hybridized carbons (Fsp3) is 0.778. The molecule has 0 unspecified atom stereocenters. The Morgan fingerprint density at radius 3 is 1.68 bits per heavy atom. The summed E-state index contributed by atoms with van der Waals surface area (Å²) in [7, 11) is 0. The van der Waals surface area contributed by atoms with Crippen molar-refractivity contribution in [2.45, 2.75) is 134 Å². The second-order valence-corrected chi connectivity index (χ2v) is 10.2. The second-order valence-electron chi connectivity index (χ2n) is 10.2. The predicted molar refractivity (Wildman–Crippen MR) is 149 cm³/mol. The lowest BCUT2D eigenvalue weighted by Gasteiger charge is -2.19.